The van der Waals surface area contributed by atoms with Crippen LogP contribution in [0, 0.1) is 0 Å². The van der Waals surface area contributed by atoms with Gasteiger partial charge in [0.2, 0.25) is 0 Å². The highest BCUT2D eigenvalue weighted by atomic mass is 31.2. The van der Waals surface area contributed by atoms with Gasteiger partial charge in [-0.1, -0.05) is 190 Å². The van der Waals surface area contributed by atoms with Gasteiger partial charge in [0.05, 0.1) is 12.7 Å². The summed E-state index contributed by atoms with van der Waals surface area (Å²) in [5, 5.41) is 2.07. The van der Waals surface area contributed by atoms with Crippen molar-refractivity contribution in [3.05, 3.63) is 93.0 Å². The Morgan fingerprint density at radius 2 is 0.716 bits per heavy atom. The van der Waals surface area contributed by atoms with Gasteiger partial charge in [-0.05, 0) is 96.8 Å². The van der Waals surface area contributed by atoms with Gasteiger partial charge in [0.1, 0.15) is 22.7 Å². The van der Waals surface area contributed by atoms with E-state index in [9.17, 15) is 0 Å². The third-order valence-corrected chi connectivity index (χ3v) is 15.2. The molecule has 1 aliphatic rings. The van der Waals surface area contributed by atoms with Crippen LogP contribution < -0.4 is 9.05 Å². The molecule has 6 rings (SSSR count). The van der Waals surface area contributed by atoms with Crippen molar-refractivity contribution >= 4 is 38.8 Å². The molecule has 2 heterocycles. The number of rotatable bonds is 5. The zero-order valence-electron chi connectivity index (χ0n) is 46.2. The molecular formula is C59H86O6P2. The Kier molecular flexibility index (Phi) is 13.9. The van der Waals surface area contributed by atoms with Gasteiger partial charge < -0.3 is 17.4 Å². The van der Waals surface area contributed by atoms with Crippen LogP contribution in [0.3, 0.4) is 0 Å². The van der Waals surface area contributed by atoms with Crippen molar-refractivity contribution in [2.75, 3.05) is 6.61 Å². The molecule has 368 valence electrons. The van der Waals surface area contributed by atoms with Gasteiger partial charge >= 0.3 is 16.8 Å². The Hall–Kier alpha value is -3.27. The number of hydrogen-bond acceptors (Lipinski definition) is 6. The molecule has 0 radical (unpaired) electrons. The molecule has 1 saturated heterocycles. The van der Waals surface area contributed by atoms with Crippen molar-refractivity contribution in [2.45, 2.75) is 223 Å². The largest absolute Gasteiger partial charge is 0.453 e. The average molecular weight is 953 g/mol. The van der Waals surface area contributed by atoms with Crippen LogP contribution >= 0.6 is 16.8 Å². The molecule has 0 spiro atoms. The van der Waals surface area contributed by atoms with Gasteiger partial charge in [0.15, 0.2) is 0 Å². The fourth-order valence-corrected chi connectivity index (χ4v) is 10.8. The summed E-state index contributed by atoms with van der Waals surface area (Å²) in [5.74, 6) is 1.46. The van der Waals surface area contributed by atoms with Crippen LogP contribution in [-0.4, -0.2) is 12.7 Å². The highest BCUT2D eigenvalue weighted by Crippen LogP contribution is 2.56. The lowest BCUT2D eigenvalue weighted by atomic mass is 9.75. The summed E-state index contributed by atoms with van der Waals surface area (Å²) in [7, 11) is -3.79. The van der Waals surface area contributed by atoms with Crippen LogP contribution in [0.1, 0.15) is 218 Å². The molecule has 4 aromatic carbocycles. The maximum absolute atomic E-state index is 7.69. The summed E-state index contributed by atoms with van der Waals surface area (Å²) in [5.41, 5.74) is 10.9. The van der Waals surface area contributed by atoms with E-state index in [4.69, 9.17) is 26.5 Å². The number of fused-ring (bicyclic) bond motifs is 3. The van der Waals surface area contributed by atoms with Gasteiger partial charge in [0.25, 0.3) is 0 Å². The molecule has 0 saturated carbocycles. The second-order valence-corrected chi connectivity index (χ2v) is 29.7. The van der Waals surface area contributed by atoms with Gasteiger partial charge in [-0.15, -0.1) is 0 Å². The molecule has 1 aliphatic heterocycles. The van der Waals surface area contributed by atoms with Crippen LogP contribution in [0.4, 0.5) is 0 Å². The molecule has 8 heteroatoms. The van der Waals surface area contributed by atoms with E-state index in [-0.39, 0.29) is 49.4 Å². The zero-order valence-corrected chi connectivity index (χ0v) is 48.0. The molecule has 0 aliphatic carbocycles. The standard InChI is InChI=1S/C59H86O6P2/c1-35-34-60-66(61-35)62-48-40(26-36(52(2,3)4)30-44(48)56(14,15)16)41-27-37(53(5,6)7)31-45(57(17,18)19)49(41)63-67-64-50-42(28-38(54(8,9)10)32-46(50)58(20,21)22)43-29-39(55(11,12)13)33-47(51(43)65-67)59(23,24)25/h26-33,35H,34H2,1-25H3. The van der Waals surface area contributed by atoms with E-state index >= 15 is 0 Å². The van der Waals surface area contributed by atoms with Crippen molar-refractivity contribution in [3.63, 3.8) is 0 Å². The van der Waals surface area contributed by atoms with Gasteiger partial charge in [-0.3, -0.25) is 9.05 Å². The Morgan fingerprint density at radius 3 is 1.01 bits per heavy atom. The van der Waals surface area contributed by atoms with Crippen LogP contribution in [0.25, 0.3) is 33.1 Å². The summed E-state index contributed by atoms with van der Waals surface area (Å²) in [4.78, 5) is 0. The first-order valence-electron chi connectivity index (χ1n) is 24.5. The monoisotopic (exact) mass is 953 g/mol. The van der Waals surface area contributed by atoms with E-state index in [1.165, 1.54) is 22.3 Å². The molecule has 6 nitrogen and oxygen atoms in total. The molecule has 2 atom stereocenters. The fraction of sp³-hybridized carbons (Fsp3) is 0.593. The zero-order chi connectivity index (χ0) is 50.6. The average Bonchev–Trinajstić information content (AvgIpc) is 3.47. The van der Waals surface area contributed by atoms with Crippen LogP contribution in [0.2, 0.25) is 0 Å². The Morgan fingerprint density at radius 1 is 0.403 bits per heavy atom. The summed E-state index contributed by atoms with van der Waals surface area (Å²) >= 11 is 0. The third-order valence-electron chi connectivity index (χ3n) is 13.0. The quantitative estimate of drug-likeness (QED) is 0.164. The van der Waals surface area contributed by atoms with Gasteiger partial charge in [0, 0.05) is 44.2 Å². The number of hydrogen-bond donors (Lipinski definition) is 0. The second kappa shape index (κ2) is 17.5. The molecule has 0 N–H and O–H groups in total. The summed E-state index contributed by atoms with van der Waals surface area (Å²) in [6.45, 7) is 57.1. The smallest absolute Gasteiger partial charge is 0.426 e. The molecule has 0 amide bonds. The predicted molar refractivity (Wildman–Crippen MR) is 288 cm³/mol. The molecular weight excluding hydrogens is 867 g/mol. The van der Waals surface area contributed by atoms with Gasteiger partial charge in [-0.25, -0.2) is 0 Å². The minimum atomic E-state index is -2.13. The SMILES string of the molecule is CC1COP(Oc2c(-c3cc(C(C)(C)C)cc(C(C)(C)C)c3Op3oc4c(C(C)(C)C)cc(C(C)(C)C)cc4c4cc(C(C)(C)C)cc(C(C)(C)C)c4o3)cc(C(C)(C)C)cc2C(C)(C)C)O1. The molecule has 1 aromatic heterocycles. The van der Waals surface area contributed by atoms with Crippen molar-refractivity contribution in [3.8, 4) is 22.6 Å². The minimum Gasteiger partial charge on any atom is -0.426 e. The van der Waals surface area contributed by atoms with E-state index in [0.29, 0.717) is 12.4 Å². The first-order chi connectivity index (χ1) is 30.2. The molecule has 5 aromatic rings. The van der Waals surface area contributed by atoms with Gasteiger partial charge in [-0.2, -0.15) is 0 Å². The van der Waals surface area contributed by atoms with Crippen LogP contribution in [0.15, 0.2) is 56.9 Å². The van der Waals surface area contributed by atoms with Crippen molar-refractivity contribution in [2.24, 2.45) is 0 Å². The Labute approximate surface area is 408 Å². The maximum atomic E-state index is 7.69. The van der Waals surface area contributed by atoms with Crippen LogP contribution in [0.5, 0.6) is 11.5 Å². The topological polar surface area (TPSA) is 63.2 Å². The summed E-state index contributed by atoms with van der Waals surface area (Å²) in [6, 6.07) is 18.7. The van der Waals surface area contributed by atoms with E-state index in [0.717, 1.165) is 61.1 Å². The van der Waals surface area contributed by atoms with Crippen molar-refractivity contribution in [1.82, 2.24) is 0 Å². The normalized spacial score (nSPS) is 17.1. The second-order valence-electron chi connectivity index (χ2n) is 27.6. The van der Waals surface area contributed by atoms with E-state index in [2.05, 4.69) is 215 Å². The first-order valence-corrected chi connectivity index (χ1v) is 26.7. The lowest BCUT2D eigenvalue weighted by molar-refractivity contribution is 0.256. The Balaban J connectivity index is 1.88. The fourth-order valence-electron chi connectivity index (χ4n) is 8.45. The first kappa shape index (κ1) is 53.1. The molecule has 1 fully saturated rings. The molecule has 2 unspecified atom stereocenters. The lowest BCUT2D eigenvalue weighted by Crippen LogP contribution is -2.19. The lowest BCUT2D eigenvalue weighted by Gasteiger charge is -2.32. The van der Waals surface area contributed by atoms with E-state index in [1.54, 1.807) is 0 Å². The Bertz CT molecular complexity index is 2610. The van der Waals surface area contributed by atoms with Crippen molar-refractivity contribution in [1.29, 1.82) is 0 Å². The van der Waals surface area contributed by atoms with E-state index < -0.39 is 16.8 Å². The molecule has 67 heavy (non-hydrogen) atoms. The van der Waals surface area contributed by atoms with E-state index in [1.807, 2.05) is 6.92 Å². The molecule has 0 bridgehead atoms. The van der Waals surface area contributed by atoms with Crippen LogP contribution in [-0.2, 0) is 52.4 Å². The highest BCUT2D eigenvalue weighted by molar-refractivity contribution is 7.42. The predicted octanol–water partition coefficient (Wildman–Crippen LogP) is 19.2. The minimum absolute atomic E-state index is 0.0647. The third kappa shape index (κ3) is 11.5. The summed E-state index contributed by atoms with van der Waals surface area (Å²) < 4.78 is 42.2. The highest BCUT2D eigenvalue weighted by Gasteiger charge is 2.37. The number of benzene rings is 4. The maximum Gasteiger partial charge on any atom is 0.453 e. The van der Waals surface area contributed by atoms with Crippen molar-refractivity contribution < 1.29 is 26.5 Å². The summed E-state index contributed by atoms with van der Waals surface area (Å²) in [6.07, 6.45) is -0.0647.